The second kappa shape index (κ2) is 4.30. The van der Waals surface area contributed by atoms with Gasteiger partial charge in [0.25, 0.3) is 0 Å². The second-order valence-electron chi connectivity index (χ2n) is 3.68. The molecule has 0 aliphatic carbocycles. The Balaban J connectivity index is 2.14. The van der Waals surface area contributed by atoms with E-state index in [1.54, 1.807) is 32.3 Å². The molecule has 5 nitrogen and oxygen atoms in total. The molecule has 0 saturated carbocycles. The number of nitrogens with zero attached hydrogens (tertiary/aromatic N) is 1. The summed E-state index contributed by atoms with van der Waals surface area (Å²) in [4.78, 5) is 12.9. The molecule has 1 aliphatic rings. The minimum Gasteiger partial charge on any atom is -0.486 e. The van der Waals surface area contributed by atoms with Crippen LogP contribution in [0.15, 0.2) is 18.2 Å². The second-order valence-corrected chi connectivity index (χ2v) is 3.68. The summed E-state index contributed by atoms with van der Waals surface area (Å²) in [6.45, 7) is 1.11. The normalized spacial score (nSPS) is 13.1. The first-order valence-electron chi connectivity index (χ1n) is 5.05. The zero-order valence-corrected chi connectivity index (χ0v) is 9.32. The van der Waals surface area contributed by atoms with Gasteiger partial charge in [0.1, 0.15) is 13.2 Å². The van der Waals surface area contributed by atoms with E-state index < -0.39 is 0 Å². The first-order chi connectivity index (χ1) is 7.66. The highest BCUT2D eigenvalue weighted by molar-refractivity contribution is 5.89. The fraction of sp³-hybridized carbons (Fsp3) is 0.364. The van der Waals surface area contributed by atoms with Crippen LogP contribution in [0, 0.1) is 0 Å². The largest absolute Gasteiger partial charge is 0.486 e. The van der Waals surface area contributed by atoms with Crippen molar-refractivity contribution in [3.05, 3.63) is 18.2 Å². The summed E-state index contributed by atoms with van der Waals surface area (Å²) in [5.41, 5.74) is 0.697. The Labute approximate surface area is 93.9 Å². The highest BCUT2D eigenvalue weighted by atomic mass is 16.6. The fourth-order valence-corrected chi connectivity index (χ4v) is 1.36. The SMILES string of the molecule is CN(C)C(=O)Nc1ccc2c(c1)OCCO2. The molecular weight excluding hydrogens is 208 g/mol. The zero-order valence-electron chi connectivity index (χ0n) is 9.32. The third kappa shape index (κ3) is 2.18. The summed E-state index contributed by atoms with van der Waals surface area (Å²) in [6.07, 6.45) is 0. The number of carbonyl (C=O) groups is 1. The standard InChI is InChI=1S/C11H14N2O3/c1-13(2)11(14)12-8-3-4-9-10(7-8)16-6-5-15-9/h3-4,7H,5-6H2,1-2H3,(H,12,14). The van der Waals surface area contributed by atoms with Gasteiger partial charge < -0.3 is 19.7 Å². The number of hydrogen-bond acceptors (Lipinski definition) is 3. The Morgan fingerprint density at radius 3 is 2.62 bits per heavy atom. The van der Waals surface area contributed by atoms with E-state index in [4.69, 9.17) is 9.47 Å². The fourth-order valence-electron chi connectivity index (χ4n) is 1.36. The summed E-state index contributed by atoms with van der Waals surface area (Å²) >= 11 is 0. The van der Waals surface area contributed by atoms with Crippen LogP contribution in [0.2, 0.25) is 0 Å². The number of anilines is 1. The van der Waals surface area contributed by atoms with Crippen LogP contribution < -0.4 is 14.8 Å². The molecule has 0 spiro atoms. The number of fused-ring (bicyclic) bond motifs is 1. The molecule has 0 fully saturated rings. The lowest BCUT2D eigenvalue weighted by Gasteiger charge is -2.19. The minimum atomic E-state index is -0.170. The van der Waals surface area contributed by atoms with Crippen molar-refractivity contribution in [1.29, 1.82) is 0 Å². The van der Waals surface area contributed by atoms with Gasteiger partial charge in [0.15, 0.2) is 11.5 Å². The average Bonchev–Trinajstić information content (AvgIpc) is 2.28. The number of nitrogens with one attached hydrogen (secondary N) is 1. The Bertz CT molecular complexity index is 404. The Hall–Kier alpha value is -1.91. The predicted molar refractivity (Wildman–Crippen MR) is 60.1 cm³/mol. The average molecular weight is 222 g/mol. The summed E-state index contributed by atoms with van der Waals surface area (Å²) < 4.78 is 10.8. The summed E-state index contributed by atoms with van der Waals surface area (Å²) in [6, 6.07) is 5.17. The van der Waals surface area contributed by atoms with Crippen LogP contribution in [0.25, 0.3) is 0 Å². The van der Waals surface area contributed by atoms with Crippen LogP contribution >= 0.6 is 0 Å². The molecule has 1 N–H and O–H groups in total. The lowest BCUT2D eigenvalue weighted by atomic mass is 10.2. The van der Waals surface area contributed by atoms with Crippen molar-refractivity contribution in [3.8, 4) is 11.5 Å². The van der Waals surface area contributed by atoms with Gasteiger partial charge in [0.05, 0.1) is 0 Å². The molecule has 0 aromatic heterocycles. The van der Waals surface area contributed by atoms with Crippen LogP contribution in [0.3, 0.4) is 0 Å². The maximum absolute atomic E-state index is 11.4. The lowest BCUT2D eigenvalue weighted by molar-refractivity contribution is 0.171. The van der Waals surface area contributed by atoms with Gasteiger partial charge in [-0.1, -0.05) is 0 Å². The van der Waals surface area contributed by atoms with Gasteiger partial charge in [0, 0.05) is 25.8 Å². The summed E-state index contributed by atoms with van der Waals surface area (Å²) in [5.74, 6) is 1.39. The van der Waals surface area contributed by atoms with Crippen LogP contribution in [0.4, 0.5) is 10.5 Å². The van der Waals surface area contributed by atoms with Crippen LogP contribution in [-0.2, 0) is 0 Å². The molecule has 2 amide bonds. The summed E-state index contributed by atoms with van der Waals surface area (Å²) in [7, 11) is 3.38. The first kappa shape index (κ1) is 10.6. The zero-order chi connectivity index (χ0) is 11.5. The number of hydrogen-bond donors (Lipinski definition) is 1. The van der Waals surface area contributed by atoms with E-state index in [0.717, 1.165) is 0 Å². The molecule has 0 saturated heterocycles. The maximum atomic E-state index is 11.4. The number of amides is 2. The van der Waals surface area contributed by atoms with Crippen LogP contribution in [0.5, 0.6) is 11.5 Å². The molecule has 0 radical (unpaired) electrons. The number of carbonyl (C=O) groups excluding carboxylic acids is 1. The van der Waals surface area contributed by atoms with E-state index in [-0.39, 0.29) is 6.03 Å². The van der Waals surface area contributed by atoms with E-state index in [1.807, 2.05) is 0 Å². The molecule has 0 bridgehead atoms. The third-order valence-electron chi connectivity index (χ3n) is 2.20. The van der Waals surface area contributed by atoms with E-state index >= 15 is 0 Å². The molecule has 2 rings (SSSR count). The minimum absolute atomic E-state index is 0.170. The third-order valence-corrected chi connectivity index (χ3v) is 2.20. The molecular formula is C11H14N2O3. The van der Waals surface area contributed by atoms with Crippen molar-refractivity contribution in [1.82, 2.24) is 4.90 Å². The Kier molecular flexibility index (Phi) is 2.85. The number of ether oxygens (including phenoxy) is 2. The number of urea groups is 1. The van der Waals surface area contributed by atoms with Gasteiger partial charge in [-0.2, -0.15) is 0 Å². The predicted octanol–water partition coefficient (Wildman–Crippen LogP) is 1.55. The van der Waals surface area contributed by atoms with Gasteiger partial charge in [-0.3, -0.25) is 0 Å². The lowest BCUT2D eigenvalue weighted by Crippen LogP contribution is -2.27. The van der Waals surface area contributed by atoms with E-state index in [9.17, 15) is 4.79 Å². The highest BCUT2D eigenvalue weighted by Crippen LogP contribution is 2.32. The highest BCUT2D eigenvalue weighted by Gasteiger charge is 2.12. The molecule has 1 aliphatic heterocycles. The smallest absolute Gasteiger partial charge is 0.321 e. The van der Waals surface area contributed by atoms with Gasteiger partial charge in [-0.15, -0.1) is 0 Å². The van der Waals surface area contributed by atoms with E-state index in [2.05, 4.69) is 5.32 Å². The van der Waals surface area contributed by atoms with Crippen molar-refractivity contribution < 1.29 is 14.3 Å². The van der Waals surface area contributed by atoms with Gasteiger partial charge in [-0.05, 0) is 12.1 Å². The molecule has 1 heterocycles. The van der Waals surface area contributed by atoms with Crippen LogP contribution in [0.1, 0.15) is 0 Å². The Morgan fingerprint density at radius 1 is 1.25 bits per heavy atom. The van der Waals surface area contributed by atoms with Gasteiger partial charge in [0.2, 0.25) is 0 Å². The molecule has 5 heteroatoms. The molecule has 16 heavy (non-hydrogen) atoms. The number of rotatable bonds is 1. The topological polar surface area (TPSA) is 50.8 Å². The van der Waals surface area contributed by atoms with Crippen molar-refractivity contribution in [2.45, 2.75) is 0 Å². The van der Waals surface area contributed by atoms with Crippen LogP contribution in [-0.4, -0.2) is 38.2 Å². The van der Waals surface area contributed by atoms with Crippen molar-refractivity contribution in [2.75, 3.05) is 32.6 Å². The van der Waals surface area contributed by atoms with E-state index in [1.165, 1.54) is 4.90 Å². The maximum Gasteiger partial charge on any atom is 0.321 e. The quantitative estimate of drug-likeness (QED) is 0.784. The van der Waals surface area contributed by atoms with Gasteiger partial charge >= 0.3 is 6.03 Å². The van der Waals surface area contributed by atoms with Gasteiger partial charge in [-0.25, -0.2) is 4.79 Å². The molecule has 1 aromatic carbocycles. The first-order valence-corrected chi connectivity index (χ1v) is 5.05. The van der Waals surface area contributed by atoms with Crippen molar-refractivity contribution >= 4 is 11.7 Å². The monoisotopic (exact) mass is 222 g/mol. The van der Waals surface area contributed by atoms with Crippen molar-refractivity contribution in [2.24, 2.45) is 0 Å². The van der Waals surface area contributed by atoms with Crippen molar-refractivity contribution in [3.63, 3.8) is 0 Å². The molecule has 1 aromatic rings. The molecule has 0 unspecified atom stereocenters. The summed E-state index contributed by atoms with van der Waals surface area (Å²) in [5, 5.41) is 2.74. The molecule has 0 atom stereocenters. The van der Waals surface area contributed by atoms with E-state index in [0.29, 0.717) is 30.4 Å². The molecule has 86 valence electrons. The number of benzene rings is 1. The Morgan fingerprint density at radius 2 is 1.94 bits per heavy atom.